The minimum Gasteiger partial charge on any atom is -0.366 e. The smallest absolute Gasteiger partial charge is 0.233 e. The van der Waals surface area contributed by atoms with Crippen LogP contribution in [0.15, 0.2) is 84.3 Å². The Morgan fingerprint density at radius 2 is 1.68 bits per heavy atom. The molecule has 1 saturated heterocycles. The van der Waals surface area contributed by atoms with E-state index in [2.05, 4.69) is 15.2 Å². The van der Waals surface area contributed by atoms with Gasteiger partial charge >= 0.3 is 0 Å². The van der Waals surface area contributed by atoms with E-state index >= 15 is 0 Å². The molecule has 1 fully saturated rings. The van der Waals surface area contributed by atoms with Crippen LogP contribution in [0.1, 0.15) is 0 Å². The number of hydrogen-bond acceptors (Lipinski definition) is 6. The second-order valence-electron chi connectivity index (χ2n) is 7.83. The maximum Gasteiger partial charge on any atom is 0.233 e. The summed E-state index contributed by atoms with van der Waals surface area (Å²) in [5.41, 5.74) is 2.35. The molecule has 1 aliphatic rings. The average molecular weight is 475 g/mol. The summed E-state index contributed by atoms with van der Waals surface area (Å²) >= 11 is 1.36. The van der Waals surface area contributed by atoms with E-state index in [9.17, 15) is 9.18 Å². The van der Waals surface area contributed by atoms with Crippen molar-refractivity contribution >= 4 is 23.4 Å². The van der Waals surface area contributed by atoms with Crippen molar-refractivity contribution in [1.82, 2.24) is 24.6 Å². The third-order valence-electron chi connectivity index (χ3n) is 5.72. The minimum absolute atomic E-state index is 0.0312. The van der Waals surface area contributed by atoms with Gasteiger partial charge in [0.25, 0.3) is 0 Å². The maximum atomic E-state index is 14.1. The molecular formula is C25H23FN6OS. The summed E-state index contributed by atoms with van der Waals surface area (Å²) in [6.45, 7) is 2.31. The Morgan fingerprint density at radius 1 is 0.912 bits per heavy atom. The van der Waals surface area contributed by atoms with Gasteiger partial charge in [-0.05, 0) is 36.4 Å². The second-order valence-corrected chi connectivity index (χ2v) is 8.77. The number of amides is 1. The van der Waals surface area contributed by atoms with E-state index in [4.69, 9.17) is 0 Å². The van der Waals surface area contributed by atoms with Crippen LogP contribution < -0.4 is 4.90 Å². The first-order chi connectivity index (χ1) is 16.7. The van der Waals surface area contributed by atoms with Crippen molar-refractivity contribution in [1.29, 1.82) is 0 Å². The molecule has 0 saturated carbocycles. The highest BCUT2D eigenvalue weighted by Gasteiger charge is 2.24. The molecule has 172 valence electrons. The number of nitrogens with zero attached hydrogens (tertiary/aromatic N) is 6. The van der Waals surface area contributed by atoms with E-state index in [1.54, 1.807) is 24.5 Å². The van der Waals surface area contributed by atoms with Gasteiger partial charge in [0.1, 0.15) is 5.82 Å². The zero-order valence-electron chi connectivity index (χ0n) is 18.4. The average Bonchev–Trinajstić information content (AvgIpc) is 3.33. The lowest BCUT2D eigenvalue weighted by molar-refractivity contribution is -0.128. The number of carbonyl (C=O) groups is 1. The Bertz CT molecular complexity index is 1260. The van der Waals surface area contributed by atoms with Crippen molar-refractivity contribution in [2.24, 2.45) is 0 Å². The summed E-state index contributed by atoms with van der Waals surface area (Å²) in [7, 11) is 0. The molecule has 0 N–H and O–H groups in total. The number of halogens is 1. The van der Waals surface area contributed by atoms with Gasteiger partial charge in [0, 0.05) is 49.8 Å². The standard InChI is InChI=1S/C25H23FN6OS/c26-21-10-4-5-11-22(21)30-13-15-31(16-14-30)23(33)18-34-25-29-28-24(19-7-6-12-27-17-19)32(25)20-8-2-1-3-9-20/h1-12,17H,13-16,18H2. The van der Waals surface area contributed by atoms with Gasteiger partial charge in [0.05, 0.1) is 11.4 Å². The molecule has 0 atom stereocenters. The molecular weight excluding hydrogens is 451 g/mol. The Kier molecular flexibility index (Phi) is 6.53. The fraction of sp³-hybridized carbons (Fsp3) is 0.200. The van der Waals surface area contributed by atoms with Crippen molar-refractivity contribution in [3.63, 3.8) is 0 Å². The molecule has 4 aromatic rings. The number of benzene rings is 2. The highest BCUT2D eigenvalue weighted by atomic mass is 32.2. The lowest BCUT2D eigenvalue weighted by atomic mass is 10.2. The van der Waals surface area contributed by atoms with Crippen LogP contribution in [0.25, 0.3) is 17.1 Å². The molecule has 7 nitrogen and oxygen atoms in total. The fourth-order valence-corrected chi connectivity index (χ4v) is 4.83. The summed E-state index contributed by atoms with van der Waals surface area (Å²) in [5, 5.41) is 9.41. The number of anilines is 1. The zero-order valence-corrected chi connectivity index (χ0v) is 19.2. The number of pyridine rings is 1. The largest absolute Gasteiger partial charge is 0.366 e. The summed E-state index contributed by atoms with van der Waals surface area (Å²) < 4.78 is 16.0. The quantitative estimate of drug-likeness (QED) is 0.395. The van der Waals surface area contributed by atoms with Crippen molar-refractivity contribution < 1.29 is 9.18 Å². The number of hydrogen-bond donors (Lipinski definition) is 0. The predicted octanol–water partition coefficient (Wildman–Crippen LogP) is 3.91. The van der Waals surface area contributed by atoms with Gasteiger partial charge in [-0.3, -0.25) is 14.3 Å². The predicted molar refractivity (Wildman–Crippen MR) is 131 cm³/mol. The van der Waals surface area contributed by atoms with Crippen molar-refractivity contribution in [2.75, 3.05) is 36.8 Å². The minimum atomic E-state index is -0.234. The second kappa shape index (κ2) is 10.0. The van der Waals surface area contributed by atoms with Gasteiger partial charge < -0.3 is 9.80 Å². The Balaban J connectivity index is 1.28. The lowest BCUT2D eigenvalue weighted by Gasteiger charge is -2.36. The molecule has 0 bridgehead atoms. The van der Waals surface area contributed by atoms with Crippen LogP contribution >= 0.6 is 11.8 Å². The summed E-state index contributed by atoms with van der Waals surface area (Å²) in [6, 6.07) is 20.4. The third kappa shape index (κ3) is 4.65. The SMILES string of the molecule is O=C(CSc1nnc(-c2cccnc2)n1-c1ccccc1)N1CCN(c2ccccc2F)CC1. The van der Waals surface area contributed by atoms with Crippen LogP contribution in [0, 0.1) is 5.82 Å². The van der Waals surface area contributed by atoms with E-state index < -0.39 is 0 Å². The number of carbonyl (C=O) groups excluding carboxylic acids is 1. The molecule has 0 spiro atoms. The van der Waals surface area contributed by atoms with Crippen LogP contribution in [-0.4, -0.2) is 62.5 Å². The molecule has 0 unspecified atom stereocenters. The summed E-state index contributed by atoms with van der Waals surface area (Å²) in [5.74, 6) is 0.719. The van der Waals surface area contributed by atoms with E-state index in [0.29, 0.717) is 42.8 Å². The van der Waals surface area contributed by atoms with Gasteiger partial charge in [0.15, 0.2) is 11.0 Å². The van der Waals surface area contributed by atoms with E-state index in [1.807, 2.05) is 62.9 Å². The molecule has 5 rings (SSSR count). The topological polar surface area (TPSA) is 67.2 Å². The Hall–Kier alpha value is -3.72. The Morgan fingerprint density at radius 3 is 2.41 bits per heavy atom. The van der Waals surface area contributed by atoms with Crippen molar-refractivity contribution in [3.05, 3.63) is 84.9 Å². The highest BCUT2D eigenvalue weighted by molar-refractivity contribution is 7.99. The van der Waals surface area contributed by atoms with Gasteiger partial charge in [-0.2, -0.15) is 0 Å². The van der Waals surface area contributed by atoms with Crippen LogP contribution in [-0.2, 0) is 4.79 Å². The number of para-hydroxylation sites is 2. The first-order valence-corrected chi connectivity index (χ1v) is 12.0. The molecule has 2 aromatic heterocycles. The van der Waals surface area contributed by atoms with Crippen molar-refractivity contribution in [3.8, 4) is 17.1 Å². The van der Waals surface area contributed by atoms with E-state index in [0.717, 1.165) is 11.3 Å². The summed E-state index contributed by atoms with van der Waals surface area (Å²) in [6.07, 6.45) is 3.46. The first-order valence-electron chi connectivity index (χ1n) is 11.0. The van der Waals surface area contributed by atoms with E-state index in [-0.39, 0.29) is 17.5 Å². The van der Waals surface area contributed by atoms with Gasteiger partial charge in [-0.1, -0.05) is 42.1 Å². The molecule has 0 radical (unpaired) electrons. The fourth-order valence-electron chi connectivity index (χ4n) is 3.98. The molecule has 1 amide bonds. The van der Waals surface area contributed by atoms with Crippen molar-refractivity contribution in [2.45, 2.75) is 5.16 Å². The summed E-state index contributed by atoms with van der Waals surface area (Å²) in [4.78, 5) is 21.0. The number of rotatable bonds is 6. The molecule has 9 heteroatoms. The number of thioether (sulfide) groups is 1. The molecule has 0 aliphatic carbocycles. The lowest BCUT2D eigenvalue weighted by Crippen LogP contribution is -2.49. The number of piperazine rings is 1. The van der Waals surface area contributed by atoms with Crippen LogP contribution in [0.3, 0.4) is 0 Å². The zero-order chi connectivity index (χ0) is 23.3. The first kappa shape index (κ1) is 22.1. The number of aromatic nitrogens is 4. The highest BCUT2D eigenvalue weighted by Crippen LogP contribution is 2.28. The maximum absolute atomic E-state index is 14.1. The molecule has 34 heavy (non-hydrogen) atoms. The molecule has 1 aliphatic heterocycles. The van der Waals surface area contributed by atoms with Crippen LogP contribution in [0.2, 0.25) is 0 Å². The molecule has 2 aromatic carbocycles. The van der Waals surface area contributed by atoms with E-state index in [1.165, 1.54) is 17.8 Å². The van der Waals surface area contributed by atoms with Gasteiger partial charge in [-0.25, -0.2) is 4.39 Å². The van der Waals surface area contributed by atoms with Gasteiger partial charge in [0.2, 0.25) is 5.91 Å². The van der Waals surface area contributed by atoms with Crippen LogP contribution in [0.5, 0.6) is 0 Å². The molecule has 3 heterocycles. The van der Waals surface area contributed by atoms with Crippen LogP contribution in [0.4, 0.5) is 10.1 Å². The normalized spacial score (nSPS) is 13.8. The monoisotopic (exact) mass is 474 g/mol. The third-order valence-corrected chi connectivity index (χ3v) is 6.63. The Labute approximate surface area is 201 Å². The van der Waals surface area contributed by atoms with Gasteiger partial charge in [-0.15, -0.1) is 10.2 Å².